The summed E-state index contributed by atoms with van der Waals surface area (Å²) in [6.45, 7) is 0.400. The Morgan fingerprint density at radius 2 is 2.15 bits per heavy atom. The molecule has 1 aliphatic rings. The van der Waals surface area contributed by atoms with E-state index in [1.165, 1.54) is 12.3 Å². The zero-order valence-electron chi connectivity index (χ0n) is 17.8. The Bertz CT molecular complexity index is 1170. The van der Waals surface area contributed by atoms with Crippen LogP contribution in [0, 0.1) is 11.3 Å². The highest BCUT2D eigenvalue weighted by Crippen LogP contribution is 2.30. The Morgan fingerprint density at radius 3 is 2.85 bits per heavy atom. The van der Waals surface area contributed by atoms with Crippen molar-refractivity contribution in [2.45, 2.75) is 44.4 Å². The summed E-state index contributed by atoms with van der Waals surface area (Å²) in [6, 6.07) is 8.52. The first-order valence-corrected chi connectivity index (χ1v) is 10.7. The van der Waals surface area contributed by atoms with Gasteiger partial charge < -0.3 is 19.7 Å². The van der Waals surface area contributed by atoms with E-state index in [2.05, 4.69) is 15.3 Å². The maximum absolute atomic E-state index is 12.5. The molecular formula is C24H23N5O4. The highest BCUT2D eigenvalue weighted by atomic mass is 16.5. The Hall–Kier alpha value is -4.19. The van der Waals surface area contributed by atoms with E-state index in [4.69, 9.17) is 4.74 Å². The molecule has 4 rings (SSSR count). The number of amides is 1. The van der Waals surface area contributed by atoms with Crippen LogP contribution in [0.3, 0.4) is 0 Å². The number of carboxylic acids is 1. The van der Waals surface area contributed by atoms with Gasteiger partial charge in [0.25, 0.3) is 5.91 Å². The number of benzene rings is 1. The number of rotatable bonds is 7. The van der Waals surface area contributed by atoms with E-state index in [9.17, 15) is 20.0 Å². The molecule has 0 saturated heterocycles. The van der Waals surface area contributed by atoms with Crippen LogP contribution in [-0.2, 0) is 6.54 Å². The molecular weight excluding hydrogens is 422 g/mol. The Kier molecular flexibility index (Phi) is 6.64. The molecule has 1 saturated carbocycles. The molecule has 0 radical (unpaired) electrons. The second-order valence-electron chi connectivity index (χ2n) is 7.99. The molecule has 2 aromatic heterocycles. The molecule has 9 heteroatoms. The molecule has 2 atom stereocenters. The van der Waals surface area contributed by atoms with Crippen molar-refractivity contribution < 1.29 is 19.4 Å². The molecule has 9 nitrogen and oxygen atoms in total. The lowest BCUT2D eigenvalue weighted by Crippen LogP contribution is -2.41. The molecule has 0 spiro atoms. The summed E-state index contributed by atoms with van der Waals surface area (Å²) in [5, 5.41) is 22.3. The lowest BCUT2D eigenvalue weighted by Gasteiger charge is -2.30. The molecule has 0 bridgehead atoms. The van der Waals surface area contributed by atoms with Crippen LogP contribution in [0.4, 0.5) is 0 Å². The number of pyridine rings is 1. The van der Waals surface area contributed by atoms with Crippen molar-refractivity contribution >= 4 is 11.9 Å². The summed E-state index contributed by atoms with van der Waals surface area (Å²) in [4.78, 5) is 32.3. The van der Waals surface area contributed by atoms with Gasteiger partial charge in [-0.1, -0.05) is 0 Å². The van der Waals surface area contributed by atoms with Crippen molar-refractivity contribution in [3.63, 3.8) is 0 Å². The topological polar surface area (TPSA) is 130 Å². The van der Waals surface area contributed by atoms with Crippen LogP contribution < -0.4 is 10.1 Å². The number of carbonyl (C=O) groups excluding carboxylic acids is 1. The number of nitrogens with zero attached hydrogens (tertiary/aromatic N) is 4. The second-order valence-corrected chi connectivity index (χ2v) is 7.99. The van der Waals surface area contributed by atoms with E-state index in [1.54, 1.807) is 47.7 Å². The van der Waals surface area contributed by atoms with Crippen LogP contribution in [-0.4, -0.2) is 43.7 Å². The van der Waals surface area contributed by atoms with Gasteiger partial charge in [0.05, 0.1) is 17.5 Å². The van der Waals surface area contributed by atoms with Crippen LogP contribution in [0.2, 0.25) is 0 Å². The second kappa shape index (κ2) is 9.96. The van der Waals surface area contributed by atoms with Crippen molar-refractivity contribution in [2.75, 3.05) is 0 Å². The summed E-state index contributed by atoms with van der Waals surface area (Å²) in [6.07, 6.45) is 10.9. The number of aromatic nitrogens is 3. The molecule has 33 heavy (non-hydrogen) atoms. The number of imidazole rings is 1. The summed E-state index contributed by atoms with van der Waals surface area (Å²) in [7, 11) is 0. The predicted molar refractivity (Wildman–Crippen MR) is 118 cm³/mol. The molecule has 0 aliphatic heterocycles. The van der Waals surface area contributed by atoms with Crippen molar-refractivity contribution in [3.8, 4) is 11.8 Å². The fraction of sp³-hybridized carbons (Fsp3) is 0.292. The Morgan fingerprint density at radius 1 is 1.27 bits per heavy atom. The van der Waals surface area contributed by atoms with E-state index < -0.39 is 5.97 Å². The minimum absolute atomic E-state index is 0.00148. The Balaban J connectivity index is 1.52. The van der Waals surface area contributed by atoms with Gasteiger partial charge >= 0.3 is 5.97 Å². The first kappa shape index (κ1) is 22.0. The Labute approximate surface area is 190 Å². The van der Waals surface area contributed by atoms with Gasteiger partial charge in [-0.15, -0.1) is 0 Å². The first-order chi connectivity index (χ1) is 16.0. The highest BCUT2D eigenvalue weighted by Gasteiger charge is 2.27. The average molecular weight is 445 g/mol. The summed E-state index contributed by atoms with van der Waals surface area (Å²) in [5.74, 6) is -1.13. The maximum Gasteiger partial charge on any atom is 0.337 e. The molecule has 3 aromatic rings. The summed E-state index contributed by atoms with van der Waals surface area (Å²) < 4.78 is 7.98. The fourth-order valence-corrected chi connectivity index (χ4v) is 4.06. The zero-order valence-corrected chi connectivity index (χ0v) is 17.8. The van der Waals surface area contributed by atoms with Gasteiger partial charge in [-0.2, -0.15) is 5.26 Å². The van der Waals surface area contributed by atoms with E-state index in [-0.39, 0.29) is 34.9 Å². The molecule has 2 heterocycles. The number of hydrogen-bond donors (Lipinski definition) is 2. The number of carbonyl (C=O) groups is 2. The number of nitriles is 1. The number of ether oxygens (including phenoxy) is 1. The largest absolute Gasteiger partial charge is 0.489 e. The molecule has 1 amide bonds. The maximum atomic E-state index is 12.5. The molecule has 1 aromatic carbocycles. The molecule has 1 aliphatic carbocycles. The SMILES string of the molecule is N#Cc1c(OC2CCCC(NC(=O)c3cccnc3)C2)cc(Cn2ccnc2)cc1C(=O)O. The quantitative estimate of drug-likeness (QED) is 0.572. The van der Waals surface area contributed by atoms with Crippen LogP contribution in [0.1, 0.15) is 57.5 Å². The minimum Gasteiger partial charge on any atom is -0.489 e. The van der Waals surface area contributed by atoms with Crippen molar-refractivity contribution in [1.29, 1.82) is 5.26 Å². The third-order valence-electron chi connectivity index (χ3n) is 5.61. The number of carboxylic acid groups (broad SMARTS) is 1. The van der Waals surface area contributed by atoms with E-state index in [0.29, 0.717) is 24.1 Å². The van der Waals surface area contributed by atoms with Crippen LogP contribution >= 0.6 is 0 Å². The number of hydrogen-bond acceptors (Lipinski definition) is 6. The van der Waals surface area contributed by atoms with Gasteiger partial charge in [-0.05, 0) is 49.1 Å². The predicted octanol–water partition coefficient (Wildman–Crippen LogP) is 3.02. The van der Waals surface area contributed by atoms with Crippen molar-refractivity contribution in [1.82, 2.24) is 19.9 Å². The first-order valence-electron chi connectivity index (χ1n) is 10.7. The van der Waals surface area contributed by atoms with Gasteiger partial charge in [0.15, 0.2) is 0 Å². The lowest BCUT2D eigenvalue weighted by molar-refractivity contribution is 0.0693. The number of aromatic carboxylic acids is 1. The van der Waals surface area contributed by atoms with Crippen LogP contribution in [0.25, 0.3) is 0 Å². The fourth-order valence-electron chi connectivity index (χ4n) is 4.06. The van der Waals surface area contributed by atoms with E-state index in [1.807, 2.05) is 6.07 Å². The van der Waals surface area contributed by atoms with Gasteiger partial charge in [-0.3, -0.25) is 9.78 Å². The molecule has 2 unspecified atom stereocenters. The van der Waals surface area contributed by atoms with Gasteiger partial charge in [0.1, 0.15) is 23.5 Å². The highest BCUT2D eigenvalue weighted by molar-refractivity contribution is 5.94. The third kappa shape index (κ3) is 5.36. The smallest absolute Gasteiger partial charge is 0.337 e. The van der Waals surface area contributed by atoms with E-state index >= 15 is 0 Å². The molecule has 2 N–H and O–H groups in total. The lowest BCUT2D eigenvalue weighted by atomic mass is 9.92. The molecule has 168 valence electrons. The van der Waals surface area contributed by atoms with Gasteiger partial charge in [-0.25, -0.2) is 9.78 Å². The van der Waals surface area contributed by atoms with E-state index in [0.717, 1.165) is 19.3 Å². The van der Waals surface area contributed by atoms with Gasteiger partial charge in [0, 0.05) is 43.8 Å². The van der Waals surface area contributed by atoms with Crippen LogP contribution in [0.5, 0.6) is 5.75 Å². The minimum atomic E-state index is -1.19. The van der Waals surface area contributed by atoms with Crippen LogP contribution in [0.15, 0.2) is 55.4 Å². The molecule has 1 fully saturated rings. The summed E-state index contributed by atoms with van der Waals surface area (Å²) in [5.41, 5.74) is 1.09. The average Bonchev–Trinajstić information content (AvgIpc) is 3.32. The monoisotopic (exact) mass is 445 g/mol. The zero-order chi connectivity index (χ0) is 23.2. The van der Waals surface area contributed by atoms with Gasteiger partial charge in [0.2, 0.25) is 0 Å². The van der Waals surface area contributed by atoms with Crippen molar-refractivity contribution in [3.05, 3.63) is 77.6 Å². The standard InChI is InChI=1S/C24H23N5O4/c25-12-21-20(24(31)32)9-16(14-29-8-7-27-15-29)10-22(21)33-19-5-1-4-18(11-19)28-23(30)17-3-2-6-26-13-17/h2-3,6-10,13,15,18-19H,1,4-5,11,14H2,(H,28,30)(H,31,32). The van der Waals surface area contributed by atoms with Crippen molar-refractivity contribution in [2.24, 2.45) is 0 Å². The normalized spacial score (nSPS) is 17.7. The third-order valence-corrected chi connectivity index (χ3v) is 5.61. The number of nitrogens with one attached hydrogen (secondary N) is 1. The summed E-state index contributed by atoms with van der Waals surface area (Å²) >= 11 is 0.